The van der Waals surface area contributed by atoms with Gasteiger partial charge in [-0.1, -0.05) is 5.10 Å². The van der Waals surface area contributed by atoms with E-state index in [-0.39, 0.29) is 18.1 Å². The molecule has 0 aliphatic carbocycles. The summed E-state index contributed by atoms with van der Waals surface area (Å²) in [6, 6.07) is 0. The Balaban J connectivity index is 2.81. The van der Waals surface area contributed by atoms with Crippen molar-refractivity contribution in [3.63, 3.8) is 0 Å². The van der Waals surface area contributed by atoms with E-state index in [1.54, 1.807) is 0 Å². The zero-order valence-electron chi connectivity index (χ0n) is 8.26. The first kappa shape index (κ1) is 11.0. The monoisotopic (exact) mass is 214 g/mol. The highest BCUT2D eigenvalue weighted by molar-refractivity contribution is 5.76. The first-order chi connectivity index (χ1) is 7.06. The minimum absolute atomic E-state index is 0.0725. The number of hydrogen-bond donors (Lipinski definition) is 1. The van der Waals surface area contributed by atoms with Crippen LogP contribution in [-0.4, -0.2) is 41.8 Å². The number of anilines is 1. The molecule has 0 saturated heterocycles. The topological polar surface area (TPSA) is 101 Å². The van der Waals surface area contributed by atoms with Crippen LogP contribution in [0, 0.1) is 10.1 Å². The van der Waals surface area contributed by atoms with Crippen molar-refractivity contribution in [2.75, 3.05) is 25.6 Å². The van der Waals surface area contributed by atoms with Gasteiger partial charge in [0.2, 0.25) is 0 Å². The molecule has 1 rings (SSSR count). The van der Waals surface area contributed by atoms with Gasteiger partial charge in [-0.2, -0.15) is 0 Å². The van der Waals surface area contributed by atoms with Crippen molar-refractivity contribution in [1.82, 2.24) is 10.2 Å². The molecule has 0 unspecified atom stereocenters. The number of aromatic nitrogens is 2. The summed E-state index contributed by atoms with van der Waals surface area (Å²) in [6.07, 6.45) is 1.28. The highest BCUT2D eigenvalue weighted by atomic mass is 16.6. The van der Waals surface area contributed by atoms with Crippen LogP contribution in [0.25, 0.3) is 0 Å². The largest absolute Gasteiger partial charge is 0.468 e. The van der Waals surface area contributed by atoms with Crippen LogP contribution in [0.15, 0.2) is 6.20 Å². The molecule has 0 fully saturated rings. The van der Waals surface area contributed by atoms with E-state index in [0.717, 1.165) is 0 Å². The number of methoxy groups -OCH3 is 1. The summed E-state index contributed by atoms with van der Waals surface area (Å²) in [7, 11) is 2.79. The third-order valence-electron chi connectivity index (χ3n) is 1.79. The van der Waals surface area contributed by atoms with Gasteiger partial charge in [0.25, 0.3) is 0 Å². The predicted molar refractivity (Wildman–Crippen MR) is 50.5 cm³/mol. The SMILES string of the molecule is COC(=O)CN(C)c1cn[nH]c1[N+](=O)[O-]. The van der Waals surface area contributed by atoms with Crippen molar-refractivity contribution in [2.24, 2.45) is 0 Å². The van der Waals surface area contributed by atoms with E-state index < -0.39 is 10.9 Å². The van der Waals surface area contributed by atoms with Crippen LogP contribution in [0.1, 0.15) is 0 Å². The average Bonchev–Trinajstić information content (AvgIpc) is 2.65. The van der Waals surface area contributed by atoms with Gasteiger partial charge in [0.05, 0.1) is 7.11 Å². The van der Waals surface area contributed by atoms with Gasteiger partial charge in [-0.3, -0.25) is 4.79 Å². The zero-order valence-corrected chi connectivity index (χ0v) is 8.26. The molecule has 1 aromatic heterocycles. The van der Waals surface area contributed by atoms with E-state index in [9.17, 15) is 14.9 Å². The van der Waals surface area contributed by atoms with Gasteiger partial charge in [0.15, 0.2) is 5.69 Å². The molecule has 1 aromatic rings. The number of esters is 1. The molecule has 0 atom stereocenters. The minimum Gasteiger partial charge on any atom is -0.468 e. The van der Waals surface area contributed by atoms with E-state index in [4.69, 9.17) is 0 Å². The standard InChI is InChI=1S/C7H10N4O4/c1-10(4-6(12)15-2)5-3-8-9-7(5)11(13)14/h3H,4H2,1-2H3,(H,8,9). The third-order valence-corrected chi connectivity index (χ3v) is 1.79. The Morgan fingerprint density at radius 1 is 1.80 bits per heavy atom. The maximum absolute atomic E-state index is 10.9. The second-order valence-corrected chi connectivity index (χ2v) is 2.79. The summed E-state index contributed by atoms with van der Waals surface area (Å²) < 4.78 is 4.44. The summed E-state index contributed by atoms with van der Waals surface area (Å²) in [5.74, 6) is -0.727. The predicted octanol–water partition coefficient (Wildman–Crippen LogP) is -0.0729. The number of carbonyl (C=O) groups excluding carboxylic acids is 1. The average molecular weight is 214 g/mol. The van der Waals surface area contributed by atoms with Crippen LogP contribution in [0.4, 0.5) is 11.5 Å². The molecule has 0 aliphatic rings. The van der Waals surface area contributed by atoms with Gasteiger partial charge in [0.1, 0.15) is 12.7 Å². The van der Waals surface area contributed by atoms with Gasteiger partial charge >= 0.3 is 11.8 Å². The summed E-state index contributed by atoms with van der Waals surface area (Å²) in [5.41, 5.74) is 0.241. The van der Waals surface area contributed by atoms with E-state index in [0.29, 0.717) is 0 Å². The van der Waals surface area contributed by atoms with Crippen molar-refractivity contribution in [3.8, 4) is 0 Å². The highest BCUT2D eigenvalue weighted by Gasteiger charge is 2.20. The molecular formula is C7H10N4O4. The quantitative estimate of drug-likeness (QED) is 0.427. The van der Waals surface area contributed by atoms with Crippen LogP contribution in [-0.2, 0) is 9.53 Å². The van der Waals surface area contributed by atoms with Gasteiger partial charge in [-0.15, -0.1) is 5.10 Å². The van der Waals surface area contributed by atoms with E-state index >= 15 is 0 Å². The lowest BCUT2D eigenvalue weighted by molar-refractivity contribution is -0.388. The fourth-order valence-electron chi connectivity index (χ4n) is 1.03. The molecule has 0 saturated carbocycles. The van der Waals surface area contributed by atoms with Crippen molar-refractivity contribution < 1.29 is 14.5 Å². The van der Waals surface area contributed by atoms with Gasteiger partial charge < -0.3 is 19.8 Å². The van der Waals surface area contributed by atoms with Crippen LogP contribution in [0.3, 0.4) is 0 Å². The smallest absolute Gasteiger partial charge is 0.366 e. The number of hydrogen-bond acceptors (Lipinski definition) is 6. The lowest BCUT2D eigenvalue weighted by Crippen LogP contribution is -2.26. The van der Waals surface area contributed by atoms with Crippen LogP contribution >= 0.6 is 0 Å². The molecular weight excluding hydrogens is 204 g/mol. The van der Waals surface area contributed by atoms with Crippen LogP contribution in [0.2, 0.25) is 0 Å². The Bertz CT molecular complexity index is 375. The summed E-state index contributed by atoms with van der Waals surface area (Å²) in [5, 5.41) is 16.3. The molecule has 15 heavy (non-hydrogen) atoms. The fourth-order valence-corrected chi connectivity index (χ4v) is 1.03. The van der Waals surface area contributed by atoms with E-state index in [1.165, 1.54) is 25.3 Å². The van der Waals surface area contributed by atoms with Crippen molar-refractivity contribution in [2.45, 2.75) is 0 Å². The molecule has 0 amide bonds. The maximum Gasteiger partial charge on any atom is 0.366 e. The second-order valence-electron chi connectivity index (χ2n) is 2.79. The molecule has 82 valence electrons. The molecule has 0 bridgehead atoms. The van der Waals surface area contributed by atoms with Crippen molar-refractivity contribution >= 4 is 17.5 Å². The number of H-pyrrole nitrogens is 1. The lowest BCUT2D eigenvalue weighted by Gasteiger charge is -2.14. The molecule has 8 heteroatoms. The number of aromatic amines is 1. The molecule has 8 nitrogen and oxygen atoms in total. The number of rotatable bonds is 4. The fraction of sp³-hybridized carbons (Fsp3) is 0.429. The number of nitrogens with zero attached hydrogens (tertiary/aromatic N) is 3. The number of carbonyl (C=O) groups is 1. The molecule has 0 aliphatic heterocycles. The van der Waals surface area contributed by atoms with Gasteiger partial charge in [-0.05, 0) is 4.92 Å². The molecule has 0 aromatic carbocycles. The summed E-state index contributed by atoms with van der Waals surface area (Å²) >= 11 is 0. The zero-order chi connectivity index (χ0) is 11.4. The number of ether oxygens (including phenoxy) is 1. The summed E-state index contributed by atoms with van der Waals surface area (Å²) in [4.78, 5) is 22.2. The first-order valence-corrected chi connectivity index (χ1v) is 4.02. The molecule has 1 heterocycles. The van der Waals surface area contributed by atoms with Gasteiger partial charge in [-0.25, -0.2) is 0 Å². The highest BCUT2D eigenvalue weighted by Crippen LogP contribution is 2.23. The Morgan fingerprint density at radius 2 is 2.47 bits per heavy atom. The second kappa shape index (κ2) is 4.40. The van der Waals surface area contributed by atoms with Crippen molar-refractivity contribution in [1.29, 1.82) is 0 Å². The molecule has 0 radical (unpaired) electrons. The van der Waals surface area contributed by atoms with Crippen LogP contribution in [0.5, 0.6) is 0 Å². The van der Waals surface area contributed by atoms with E-state index in [2.05, 4.69) is 14.9 Å². The van der Waals surface area contributed by atoms with Crippen LogP contribution < -0.4 is 4.90 Å². The molecule has 1 N–H and O–H groups in total. The maximum atomic E-state index is 10.9. The number of nitrogens with one attached hydrogen (secondary N) is 1. The van der Waals surface area contributed by atoms with Gasteiger partial charge in [0, 0.05) is 7.05 Å². The Kier molecular flexibility index (Phi) is 3.21. The minimum atomic E-state index is -0.601. The third kappa shape index (κ3) is 2.42. The number of nitro groups is 1. The van der Waals surface area contributed by atoms with Crippen molar-refractivity contribution in [3.05, 3.63) is 16.3 Å². The number of likely N-dealkylation sites (N-methyl/N-ethyl adjacent to an activating group) is 1. The molecule has 0 spiro atoms. The Labute approximate surface area is 85.0 Å². The normalized spacial score (nSPS) is 9.73. The Morgan fingerprint density at radius 3 is 3.00 bits per heavy atom. The van der Waals surface area contributed by atoms with E-state index in [1.807, 2.05) is 0 Å². The lowest BCUT2D eigenvalue weighted by atomic mass is 10.4. The summed E-state index contributed by atoms with van der Waals surface area (Å²) in [6.45, 7) is -0.0725. The first-order valence-electron chi connectivity index (χ1n) is 4.02. The Hall–Kier alpha value is -2.12.